The van der Waals surface area contributed by atoms with Crippen molar-refractivity contribution in [3.63, 3.8) is 0 Å². The van der Waals surface area contributed by atoms with Gasteiger partial charge in [0.2, 0.25) is 0 Å². The molecule has 0 saturated heterocycles. The molecule has 88 valence electrons. The summed E-state index contributed by atoms with van der Waals surface area (Å²) in [7, 11) is 1.45. The number of ether oxygens (including phenoxy) is 3. The molecule has 0 atom stereocenters. The van der Waals surface area contributed by atoms with E-state index in [-0.39, 0.29) is 6.61 Å². The topological polar surface area (TPSA) is 68.2 Å². The van der Waals surface area contributed by atoms with Crippen LogP contribution in [0.5, 0.6) is 5.75 Å². The van der Waals surface area contributed by atoms with Gasteiger partial charge in [-0.15, -0.1) is 0 Å². The summed E-state index contributed by atoms with van der Waals surface area (Å²) in [6, 6.07) is 6.67. The molecular formula is C10H15BO5. The Morgan fingerprint density at radius 2 is 1.81 bits per heavy atom. The summed E-state index contributed by atoms with van der Waals surface area (Å²) in [6.07, 6.45) is -0.483. The van der Waals surface area contributed by atoms with Gasteiger partial charge in [-0.25, -0.2) is 0 Å². The molecule has 1 aromatic rings. The monoisotopic (exact) mass is 226 g/mol. The van der Waals surface area contributed by atoms with Crippen LogP contribution < -0.4 is 10.2 Å². The van der Waals surface area contributed by atoms with Crippen molar-refractivity contribution in [1.82, 2.24) is 0 Å². The van der Waals surface area contributed by atoms with Crippen molar-refractivity contribution in [3.8, 4) is 5.75 Å². The third kappa shape index (κ3) is 3.50. The summed E-state index contributed by atoms with van der Waals surface area (Å²) in [5.74, 6) is 0.400. The zero-order valence-electron chi connectivity index (χ0n) is 9.29. The van der Waals surface area contributed by atoms with Crippen LogP contribution in [0.15, 0.2) is 24.3 Å². The standard InChI is InChI=1S/C10H15BO5/c1-14-10(15-2)7-16-9-6-4-3-5-8(9)11(12)13/h3-6,10,12-13H,7H2,1-2H3. The minimum atomic E-state index is -1.56. The number of hydrogen-bond acceptors (Lipinski definition) is 5. The average Bonchev–Trinajstić information content (AvgIpc) is 2.30. The van der Waals surface area contributed by atoms with E-state index in [4.69, 9.17) is 24.3 Å². The van der Waals surface area contributed by atoms with Crippen LogP contribution in [-0.2, 0) is 9.47 Å². The van der Waals surface area contributed by atoms with Gasteiger partial charge in [0.15, 0.2) is 6.29 Å². The zero-order chi connectivity index (χ0) is 12.0. The second kappa shape index (κ2) is 6.50. The molecule has 2 N–H and O–H groups in total. The van der Waals surface area contributed by atoms with Gasteiger partial charge in [-0.2, -0.15) is 0 Å². The first-order chi connectivity index (χ1) is 7.69. The zero-order valence-corrected chi connectivity index (χ0v) is 9.29. The van der Waals surface area contributed by atoms with Crippen molar-refractivity contribution in [1.29, 1.82) is 0 Å². The summed E-state index contributed by atoms with van der Waals surface area (Å²) >= 11 is 0. The number of benzene rings is 1. The number of methoxy groups -OCH3 is 2. The number of para-hydroxylation sites is 1. The highest BCUT2D eigenvalue weighted by Crippen LogP contribution is 2.08. The van der Waals surface area contributed by atoms with Crippen LogP contribution in [0.1, 0.15) is 0 Å². The van der Waals surface area contributed by atoms with Gasteiger partial charge in [0, 0.05) is 19.7 Å². The maximum absolute atomic E-state index is 9.10. The number of rotatable bonds is 6. The molecule has 0 aliphatic rings. The normalized spacial score (nSPS) is 10.6. The average molecular weight is 226 g/mol. The quantitative estimate of drug-likeness (QED) is 0.499. The Kier molecular flexibility index (Phi) is 5.27. The van der Waals surface area contributed by atoms with E-state index in [0.29, 0.717) is 11.2 Å². The molecule has 6 heteroatoms. The largest absolute Gasteiger partial charge is 0.492 e. The lowest BCUT2D eigenvalue weighted by Gasteiger charge is -2.16. The van der Waals surface area contributed by atoms with Gasteiger partial charge in [0.05, 0.1) is 0 Å². The lowest BCUT2D eigenvalue weighted by atomic mass is 9.79. The van der Waals surface area contributed by atoms with Crippen LogP contribution in [0.2, 0.25) is 0 Å². The van der Waals surface area contributed by atoms with E-state index in [9.17, 15) is 0 Å². The van der Waals surface area contributed by atoms with Crippen LogP contribution >= 0.6 is 0 Å². The Bertz CT molecular complexity index is 314. The van der Waals surface area contributed by atoms with Crippen LogP contribution in [0, 0.1) is 0 Å². The molecule has 0 aromatic heterocycles. The minimum Gasteiger partial charge on any atom is -0.489 e. The highest BCUT2D eigenvalue weighted by Gasteiger charge is 2.17. The Morgan fingerprint density at radius 1 is 1.19 bits per heavy atom. The lowest BCUT2D eigenvalue weighted by Crippen LogP contribution is -2.32. The molecule has 0 fully saturated rings. The van der Waals surface area contributed by atoms with E-state index in [0.717, 1.165) is 0 Å². The molecule has 0 aliphatic carbocycles. The Morgan fingerprint density at radius 3 is 2.38 bits per heavy atom. The van der Waals surface area contributed by atoms with Crippen LogP contribution in [0.3, 0.4) is 0 Å². The predicted molar refractivity (Wildman–Crippen MR) is 59.6 cm³/mol. The lowest BCUT2D eigenvalue weighted by molar-refractivity contribution is -0.121. The van der Waals surface area contributed by atoms with E-state index in [1.165, 1.54) is 14.2 Å². The molecule has 0 saturated carbocycles. The fourth-order valence-corrected chi connectivity index (χ4v) is 1.22. The maximum Gasteiger partial charge on any atom is 0.492 e. The molecule has 1 aromatic carbocycles. The van der Waals surface area contributed by atoms with Gasteiger partial charge in [0.25, 0.3) is 0 Å². The second-order valence-electron chi connectivity index (χ2n) is 3.12. The summed E-state index contributed by atoms with van der Waals surface area (Å²) in [5.41, 5.74) is 0.313. The first kappa shape index (κ1) is 13.0. The van der Waals surface area contributed by atoms with Crippen molar-refractivity contribution >= 4 is 12.6 Å². The minimum absolute atomic E-state index is 0.177. The van der Waals surface area contributed by atoms with Crippen molar-refractivity contribution in [2.75, 3.05) is 20.8 Å². The summed E-state index contributed by atoms with van der Waals surface area (Å²) in [4.78, 5) is 0. The Hall–Kier alpha value is -1.08. The summed E-state index contributed by atoms with van der Waals surface area (Å²) < 4.78 is 15.3. The smallest absolute Gasteiger partial charge is 0.489 e. The van der Waals surface area contributed by atoms with Gasteiger partial charge in [-0.1, -0.05) is 18.2 Å². The molecular weight excluding hydrogens is 211 g/mol. The molecule has 5 nitrogen and oxygen atoms in total. The molecule has 16 heavy (non-hydrogen) atoms. The van der Waals surface area contributed by atoms with Crippen molar-refractivity contribution in [3.05, 3.63) is 24.3 Å². The molecule has 0 bridgehead atoms. The second-order valence-corrected chi connectivity index (χ2v) is 3.12. The third-order valence-corrected chi connectivity index (χ3v) is 2.10. The first-order valence-corrected chi connectivity index (χ1v) is 4.82. The van der Waals surface area contributed by atoms with E-state index < -0.39 is 13.4 Å². The maximum atomic E-state index is 9.10. The van der Waals surface area contributed by atoms with Crippen LogP contribution in [0.25, 0.3) is 0 Å². The van der Waals surface area contributed by atoms with Gasteiger partial charge in [-0.05, 0) is 6.07 Å². The molecule has 0 aliphatic heterocycles. The van der Waals surface area contributed by atoms with Gasteiger partial charge >= 0.3 is 7.12 Å². The molecule has 0 unspecified atom stereocenters. The predicted octanol–water partition coefficient (Wildman–Crippen LogP) is -0.636. The molecule has 0 radical (unpaired) electrons. The molecule has 0 spiro atoms. The van der Waals surface area contributed by atoms with E-state index in [2.05, 4.69) is 0 Å². The van der Waals surface area contributed by atoms with E-state index in [1.807, 2.05) is 0 Å². The Labute approximate surface area is 94.7 Å². The SMILES string of the molecule is COC(COc1ccccc1B(O)O)OC. The molecule has 0 amide bonds. The van der Waals surface area contributed by atoms with Gasteiger partial charge < -0.3 is 24.3 Å². The first-order valence-electron chi connectivity index (χ1n) is 4.82. The molecule has 0 heterocycles. The highest BCUT2D eigenvalue weighted by atomic mass is 16.7. The van der Waals surface area contributed by atoms with Gasteiger partial charge in [0.1, 0.15) is 12.4 Å². The molecule has 1 rings (SSSR count). The van der Waals surface area contributed by atoms with E-state index in [1.54, 1.807) is 24.3 Å². The third-order valence-electron chi connectivity index (χ3n) is 2.10. The van der Waals surface area contributed by atoms with Crippen molar-refractivity contribution in [2.24, 2.45) is 0 Å². The van der Waals surface area contributed by atoms with Crippen LogP contribution in [-0.4, -0.2) is 44.3 Å². The van der Waals surface area contributed by atoms with E-state index >= 15 is 0 Å². The van der Waals surface area contributed by atoms with Crippen LogP contribution in [0.4, 0.5) is 0 Å². The fourth-order valence-electron chi connectivity index (χ4n) is 1.22. The van der Waals surface area contributed by atoms with Gasteiger partial charge in [-0.3, -0.25) is 0 Å². The highest BCUT2D eigenvalue weighted by molar-refractivity contribution is 6.59. The summed E-state index contributed by atoms with van der Waals surface area (Å²) in [6.45, 7) is 0.177. The Balaban J connectivity index is 2.66. The number of hydrogen-bond donors (Lipinski definition) is 2. The van der Waals surface area contributed by atoms with Crippen molar-refractivity contribution < 1.29 is 24.3 Å². The fraction of sp³-hybridized carbons (Fsp3) is 0.400. The van der Waals surface area contributed by atoms with Crippen molar-refractivity contribution in [2.45, 2.75) is 6.29 Å². The summed E-state index contributed by atoms with van der Waals surface area (Å²) in [5, 5.41) is 18.2.